The van der Waals surface area contributed by atoms with Gasteiger partial charge in [0.25, 0.3) is 0 Å². The molecule has 10 heteroatoms. The van der Waals surface area contributed by atoms with E-state index < -0.39 is 44.3 Å². The Morgan fingerprint density at radius 2 is 0.868 bits per heavy atom. The van der Waals surface area contributed by atoms with Gasteiger partial charge in [0.05, 0.1) is 13.2 Å². The number of rotatable bonds is 38. The van der Waals surface area contributed by atoms with Crippen molar-refractivity contribution >= 4 is 20.4 Å². The first-order valence-electron chi connectivity index (χ1n) is 21.2. The third-order valence-corrected chi connectivity index (χ3v) is 10.2. The summed E-state index contributed by atoms with van der Waals surface area (Å²) in [5.74, 6) is -3.06. The summed E-state index contributed by atoms with van der Waals surface area (Å²) in [5.41, 5.74) is -1.62. The number of hydrogen-bond acceptors (Lipinski definition) is 9. The average molecular weight is 771 g/mol. The zero-order valence-corrected chi connectivity index (χ0v) is 36.0. The third-order valence-electron chi connectivity index (χ3n) is 9.27. The number of esters is 2. The summed E-state index contributed by atoms with van der Waals surface area (Å²) in [6, 6.07) is 0. The van der Waals surface area contributed by atoms with Crippen molar-refractivity contribution in [3.8, 4) is 0 Å². The Balaban J connectivity index is 6.85. The van der Waals surface area contributed by atoms with E-state index in [1.54, 1.807) is 20.8 Å². The summed E-state index contributed by atoms with van der Waals surface area (Å²) >= 11 is 0. The van der Waals surface area contributed by atoms with Crippen molar-refractivity contribution in [2.75, 3.05) is 13.2 Å². The SMILES string of the molecule is C=C(C)C(=O)OC(CCCCCCC)OC(C)(OCCCCCCCC)C(OCCCCCCCC)(OC(CCCCCCC)OC(=O)C(=C)C)P=O. The van der Waals surface area contributed by atoms with E-state index in [0.717, 1.165) is 116 Å². The summed E-state index contributed by atoms with van der Waals surface area (Å²) in [6.07, 6.45) is 20.6. The number of carbonyl (C=O) groups is 2. The summed E-state index contributed by atoms with van der Waals surface area (Å²) in [7, 11) is -0.585. The molecule has 0 rings (SSSR count). The molecule has 0 radical (unpaired) electrons. The van der Waals surface area contributed by atoms with Gasteiger partial charge in [-0.25, -0.2) is 9.59 Å². The van der Waals surface area contributed by atoms with Gasteiger partial charge in [-0.05, 0) is 46.5 Å². The first-order valence-corrected chi connectivity index (χ1v) is 22.0. The van der Waals surface area contributed by atoms with Crippen molar-refractivity contribution in [1.29, 1.82) is 0 Å². The van der Waals surface area contributed by atoms with Crippen molar-refractivity contribution in [1.82, 2.24) is 0 Å². The quantitative estimate of drug-likeness (QED) is 0.0199. The summed E-state index contributed by atoms with van der Waals surface area (Å²) in [6.45, 7) is 21.5. The minimum Gasteiger partial charge on any atom is -0.432 e. The Kier molecular flexibility index (Phi) is 31.6. The molecule has 0 aromatic rings. The smallest absolute Gasteiger partial charge is 0.335 e. The van der Waals surface area contributed by atoms with Crippen LogP contribution in [0.2, 0.25) is 0 Å². The van der Waals surface area contributed by atoms with Crippen LogP contribution in [0.4, 0.5) is 0 Å². The van der Waals surface area contributed by atoms with E-state index in [-0.39, 0.29) is 24.4 Å². The predicted molar refractivity (Wildman–Crippen MR) is 216 cm³/mol. The van der Waals surface area contributed by atoms with Gasteiger partial charge in [0, 0.05) is 24.0 Å². The Morgan fingerprint density at radius 3 is 1.25 bits per heavy atom. The fourth-order valence-corrected chi connectivity index (χ4v) is 6.41. The van der Waals surface area contributed by atoms with Crippen LogP contribution in [0.5, 0.6) is 0 Å². The fraction of sp³-hybridized carbons (Fsp3) is 0.860. The molecule has 0 N–H and O–H groups in total. The largest absolute Gasteiger partial charge is 0.432 e. The minimum absolute atomic E-state index is 0.200. The van der Waals surface area contributed by atoms with Crippen molar-refractivity contribution in [3.05, 3.63) is 24.3 Å². The molecule has 310 valence electrons. The second-order valence-corrected chi connectivity index (χ2v) is 15.5. The van der Waals surface area contributed by atoms with E-state index in [2.05, 4.69) is 40.9 Å². The fourth-order valence-electron chi connectivity index (χ4n) is 5.83. The van der Waals surface area contributed by atoms with Crippen LogP contribution in [0.15, 0.2) is 24.3 Å². The highest BCUT2D eigenvalue weighted by Crippen LogP contribution is 2.44. The molecule has 0 amide bonds. The summed E-state index contributed by atoms with van der Waals surface area (Å²) in [5, 5.41) is 0. The van der Waals surface area contributed by atoms with Gasteiger partial charge in [-0.3, -0.25) is 9.30 Å². The molecule has 4 atom stereocenters. The molecule has 0 spiro atoms. The number of unbranched alkanes of at least 4 members (excludes halogenated alkanes) is 18. The van der Waals surface area contributed by atoms with E-state index in [1.165, 1.54) is 12.8 Å². The van der Waals surface area contributed by atoms with Crippen molar-refractivity contribution in [2.45, 2.75) is 226 Å². The maximum Gasteiger partial charge on any atom is 0.335 e. The lowest BCUT2D eigenvalue weighted by Crippen LogP contribution is -2.59. The molecular formula is C43H79O9P. The van der Waals surface area contributed by atoms with Crippen LogP contribution >= 0.6 is 8.46 Å². The van der Waals surface area contributed by atoms with Crippen LogP contribution < -0.4 is 0 Å². The molecule has 0 aromatic heterocycles. The Hall–Kier alpha value is -1.64. The first kappa shape index (κ1) is 51.4. The molecule has 0 heterocycles. The Bertz CT molecular complexity index is 989. The van der Waals surface area contributed by atoms with Crippen LogP contribution in [0.3, 0.4) is 0 Å². The number of carbonyl (C=O) groups excluding carboxylic acids is 2. The normalized spacial score (nSPS) is 15.0. The molecule has 0 aliphatic carbocycles. The summed E-state index contributed by atoms with van der Waals surface area (Å²) < 4.78 is 51.8. The lowest BCUT2D eigenvalue weighted by atomic mass is 10.1. The highest BCUT2D eigenvalue weighted by atomic mass is 31.1. The second-order valence-electron chi connectivity index (χ2n) is 14.7. The third kappa shape index (κ3) is 23.8. The monoisotopic (exact) mass is 771 g/mol. The second kappa shape index (κ2) is 32.6. The molecule has 0 aromatic carbocycles. The predicted octanol–water partition coefficient (Wildman–Crippen LogP) is 13.0. The van der Waals surface area contributed by atoms with Crippen molar-refractivity contribution < 1.29 is 42.6 Å². The van der Waals surface area contributed by atoms with E-state index >= 15 is 0 Å². The first-order chi connectivity index (χ1) is 25.5. The number of hydrogen-bond donors (Lipinski definition) is 0. The van der Waals surface area contributed by atoms with E-state index in [9.17, 15) is 14.2 Å². The van der Waals surface area contributed by atoms with Gasteiger partial charge in [-0.15, -0.1) is 0 Å². The molecular weight excluding hydrogens is 691 g/mol. The molecule has 0 fully saturated rings. The lowest BCUT2D eigenvalue weighted by molar-refractivity contribution is -0.412. The van der Waals surface area contributed by atoms with Gasteiger partial charge in [-0.2, -0.15) is 0 Å². The van der Waals surface area contributed by atoms with Crippen LogP contribution in [0.25, 0.3) is 0 Å². The maximum absolute atomic E-state index is 13.7. The highest BCUT2D eigenvalue weighted by molar-refractivity contribution is 7.25. The van der Waals surface area contributed by atoms with Gasteiger partial charge in [0.15, 0.2) is 0 Å². The van der Waals surface area contributed by atoms with E-state index in [4.69, 9.17) is 28.4 Å². The van der Waals surface area contributed by atoms with Crippen molar-refractivity contribution in [3.63, 3.8) is 0 Å². The van der Waals surface area contributed by atoms with E-state index in [1.807, 2.05) is 0 Å². The topological polar surface area (TPSA) is 107 Å². The molecule has 0 aliphatic heterocycles. The molecule has 4 unspecified atom stereocenters. The zero-order valence-electron chi connectivity index (χ0n) is 35.1. The summed E-state index contributed by atoms with van der Waals surface area (Å²) in [4.78, 5) is 25.8. The minimum atomic E-state index is -2.07. The molecule has 9 nitrogen and oxygen atoms in total. The molecule has 53 heavy (non-hydrogen) atoms. The highest BCUT2D eigenvalue weighted by Gasteiger charge is 2.58. The van der Waals surface area contributed by atoms with E-state index in [0.29, 0.717) is 25.7 Å². The molecule has 0 aliphatic rings. The van der Waals surface area contributed by atoms with Gasteiger partial charge in [0.1, 0.15) is 0 Å². The van der Waals surface area contributed by atoms with Gasteiger partial charge < -0.3 is 23.7 Å². The zero-order chi connectivity index (χ0) is 39.8. The average Bonchev–Trinajstić information content (AvgIpc) is 3.12. The lowest BCUT2D eigenvalue weighted by Gasteiger charge is -2.44. The van der Waals surface area contributed by atoms with Gasteiger partial charge in [0.2, 0.25) is 26.8 Å². The Morgan fingerprint density at radius 1 is 0.528 bits per heavy atom. The van der Waals surface area contributed by atoms with Crippen LogP contribution in [0.1, 0.15) is 203 Å². The molecule has 0 bridgehead atoms. The molecule has 0 saturated heterocycles. The number of ether oxygens (including phenoxy) is 6. The van der Waals surface area contributed by atoms with Crippen LogP contribution in [-0.2, 0) is 42.6 Å². The van der Waals surface area contributed by atoms with Gasteiger partial charge in [-0.1, -0.05) is 156 Å². The maximum atomic E-state index is 13.7. The van der Waals surface area contributed by atoms with Crippen LogP contribution in [-0.4, -0.2) is 49.0 Å². The Labute approximate surface area is 326 Å². The van der Waals surface area contributed by atoms with Crippen molar-refractivity contribution in [2.24, 2.45) is 0 Å². The standard InChI is InChI=1S/C43H79O9P/c1-10-14-18-22-26-30-34-47-42(9,51-38(49-40(44)36(5)6)32-28-24-20-16-12-3)43(53-46,48-35-31-27-23-19-15-11-2)52-39(50-41(45)37(7)8)33-29-25-21-17-13-4/h38-39H,5,7,10-35H2,1-4,6,8-9H3. The molecule has 0 saturated carbocycles. The van der Waals surface area contributed by atoms with Gasteiger partial charge >= 0.3 is 17.5 Å². The van der Waals surface area contributed by atoms with Crippen LogP contribution in [0, 0.1) is 0 Å².